The van der Waals surface area contributed by atoms with Crippen molar-refractivity contribution < 1.29 is 14.3 Å². The molecule has 2 aromatic carbocycles. The van der Waals surface area contributed by atoms with Crippen LogP contribution in [0.1, 0.15) is 16.8 Å². The molecule has 0 heterocycles. The number of carbonyl (C=O) groups is 2. The highest BCUT2D eigenvalue weighted by molar-refractivity contribution is 6.05. The van der Waals surface area contributed by atoms with E-state index in [9.17, 15) is 9.59 Å². The molecule has 0 aromatic heterocycles. The molecule has 2 N–H and O–H groups in total. The van der Waals surface area contributed by atoms with Crippen molar-refractivity contribution in [2.24, 2.45) is 0 Å². The maximum atomic E-state index is 12.2. The molecule has 6 nitrogen and oxygen atoms in total. The molecule has 0 saturated carbocycles. The number of nitrogens with zero attached hydrogens (tertiary/aromatic N) is 1. The third kappa shape index (κ3) is 4.58. The number of ether oxygens (including phenoxy) is 1. The van der Waals surface area contributed by atoms with Gasteiger partial charge in [-0.05, 0) is 42.5 Å². The van der Waals surface area contributed by atoms with Crippen LogP contribution < -0.4 is 15.4 Å². The minimum absolute atomic E-state index is 0.234. The van der Waals surface area contributed by atoms with Crippen molar-refractivity contribution in [3.63, 3.8) is 0 Å². The Morgan fingerprint density at radius 1 is 1.09 bits per heavy atom. The van der Waals surface area contributed by atoms with Crippen molar-refractivity contribution in [2.45, 2.75) is 6.42 Å². The first-order chi connectivity index (χ1) is 11.1. The number of anilines is 2. The van der Waals surface area contributed by atoms with Gasteiger partial charge in [0.05, 0.1) is 13.2 Å². The predicted molar refractivity (Wildman–Crippen MR) is 86.2 cm³/mol. The highest BCUT2D eigenvalue weighted by Crippen LogP contribution is 2.17. The molecule has 2 amide bonds. The number of carbonyl (C=O) groups excluding carboxylic acids is 2. The molecule has 0 unspecified atom stereocenters. The van der Waals surface area contributed by atoms with Crippen molar-refractivity contribution in [2.75, 3.05) is 17.7 Å². The van der Waals surface area contributed by atoms with Crippen molar-refractivity contribution in [3.05, 3.63) is 54.1 Å². The van der Waals surface area contributed by atoms with Crippen LogP contribution in [0.25, 0.3) is 0 Å². The molecule has 0 radical (unpaired) electrons. The van der Waals surface area contributed by atoms with E-state index in [0.717, 1.165) is 0 Å². The van der Waals surface area contributed by atoms with Gasteiger partial charge in [0.25, 0.3) is 5.91 Å². The SMILES string of the molecule is COc1ccc(NC(=O)c2cccc(NC(=O)CC#N)c2)cc1. The second kappa shape index (κ2) is 7.61. The Balaban J connectivity index is 2.06. The van der Waals surface area contributed by atoms with Crippen LogP contribution in [0.2, 0.25) is 0 Å². The fourth-order valence-electron chi connectivity index (χ4n) is 1.89. The second-order valence-corrected chi connectivity index (χ2v) is 4.65. The lowest BCUT2D eigenvalue weighted by molar-refractivity contribution is -0.115. The summed E-state index contributed by atoms with van der Waals surface area (Å²) in [6.45, 7) is 0. The molecule has 0 bridgehead atoms. The number of methoxy groups -OCH3 is 1. The highest BCUT2D eigenvalue weighted by Gasteiger charge is 2.08. The van der Waals surface area contributed by atoms with Gasteiger partial charge in [-0.25, -0.2) is 0 Å². The van der Waals surface area contributed by atoms with Gasteiger partial charge >= 0.3 is 0 Å². The van der Waals surface area contributed by atoms with Gasteiger partial charge in [-0.1, -0.05) is 6.07 Å². The zero-order valence-electron chi connectivity index (χ0n) is 12.5. The van der Waals surface area contributed by atoms with E-state index >= 15 is 0 Å². The third-order valence-electron chi connectivity index (χ3n) is 3.00. The lowest BCUT2D eigenvalue weighted by atomic mass is 10.1. The quantitative estimate of drug-likeness (QED) is 0.888. The lowest BCUT2D eigenvalue weighted by Gasteiger charge is -2.08. The molecule has 0 aliphatic rings. The number of benzene rings is 2. The Kier molecular flexibility index (Phi) is 5.31. The van der Waals surface area contributed by atoms with Gasteiger partial charge in [0, 0.05) is 16.9 Å². The van der Waals surface area contributed by atoms with Crippen LogP contribution in [0.5, 0.6) is 5.75 Å². The number of amides is 2. The Labute approximate surface area is 133 Å². The lowest BCUT2D eigenvalue weighted by Crippen LogP contribution is -2.14. The maximum absolute atomic E-state index is 12.2. The second-order valence-electron chi connectivity index (χ2n) is 4.65. The van der Waals surface area contributed by atoms with Crippen molar-refractivity contribution in [1.82, 2.24) is 0 Å². The summed E-state index contributed by atoms with van der Waals surface area (Å²) in [5, 5.41) is 13.8. The van der Waals surface area contributed by atoms with Gasteiger partial charge in [0.1, 0.15) is 12.2 Å². The zero-order valence-corrected chi connectivity index (χ0v) is 12.5. The molecule has 0 spiro atoms. The molecule has 2 rings (SSSR count). The summed E-state index contributed by atoms with van der Waals surface area (Å²) < 4.78 is 5.06. The first kappa shape index (κ1) is 16.0. The first-order valence-corrected chi connectivity index (χ1v) is 6.84. The smallest absolute Gasteiger partial charge is 0.255 e. The standard InChI is InChI=1S/C17H15N3O3/c1-23-15-7-5-13(6-8-15)20-17(22)12-3-2-4-14(11-12)19-16(21)9-10-18/h2-8,11H,9H2,1H3,(H,19,21)(H,20,22). The van der Waals surface area contributed by atoms with E-state index in [-0.39, 0.29) is 12.3 Å². The van der Waals surface area contributed by atoms with Crippen molar-refractivity contribution >= 4 is 23.2 Å². The molecule has 0 aliphatic heterocycles. The molecule has 0 saturated heterocycles. The van der Waals surface area contributed by atoms with E-state index in [1.807, 2.05) is 0 Å². The third-order valence-corrected chi connectivity index (χ3v) is 3.00. The Morgan fingerprint density at radius 3 is 2.48 bits per heavy atom. The van der Waals surface area contributed by atoms with Crippen LogP contribution in [0.15, 0.2) is 48.5 Å². The van der Waals surface area contributed by atoms with Gasteiger partial charge in [-0.15, -0.1) is 0 Å². The van der Waals surface area contributed by atoms with E-state index in [0.29, 0.717) is 22.7 Å². The summed E-state index contributed by atoms with van der Waals surface area (Å²) in [6, 6.07) is 15.2. The molecule has 2 aromatic rings. The minimum atomic E-state index is -0.416. The molecule has 23 heavy (non-hydrogen) atoms. The van der Waals surface area contributed by atoms with Crippen LogP contribution in [-0.2, 0) is 4.79 Å². The number of hydrogen-bond acceptors (Lipinski definition) is 4. The van der Waals surface area contributed by atoms with E-state index in [4.69, 9.17) is 10.00 Å². The summed E-state index contributed by atoms with van der Waals surface area (Å²) in [6.07, 6.45) is -0.234. The summed E-state index contributed by atoms with van der Waals surface area (Å²) in [5.74, 6) is -0.0167. The molecule has 0 atom stereocenters. The summed E-state index contributed by atoms with van der Waals surface area (Å²) in [7, 11) is 1.57. The number of hydrogen-bond donors (Lipinski definition) is 2. The summed E-state index contributed by atoms with van der Waals surface area (Å²) >= 11 is 0. The van der Waals surface area contributed by atoms with Gasteiger partial charge in [-0.2, -0.15) is 5.26 Å². The average Bonchev–Trinajstić information content (AvgIpc) is 2.56. The van der Waals surface area contributed by atoms with Crippen LogP contribution >= 0.6 is 0 Å². The topological polar surface area (TPSA) is 91.2 Å². The van der Waals surface area contributed by atoms with E-state index < -0.39 is 5.91 Å². The van der Waals surface area contributed by atoms with Crippen LogP contribution in [0.4, 0.5) is 11.4 Å². The predicted octanol–water partition coefficient (Wildman–Crippen LogP) is 2.80. The summed E-state index contributed by atoms with van der Waals surface area (Å²) in [4.78, 5) is 23.6. The fraction of sp³-hybridized carbons (Fsp3) is 0.118. The van der Waals surface area contributed by atoms with Gasteiger partial charge in [-0.3, -0.25) is 9.59 Å². The molecule has 6 heteroatoms. The highest BCUT2D eigenvalue weighted by atomic mass is 16.5. The molecule has 0 aliphatic carbocycles. The Morgan fingerprint density at radius 2 is 1.83 bits per heavy atom. The van der Waals surface area contributed by atoms with Gasteiger partial charge in [0.15, 0.2) is 0 Å². The largest absolute Gasteiger partial charge is 0.497 e. The van der Waals surface area contributed by atoms with Gasteiger partial charge in [0.2, 0.25) is 5.91 Å². The number of nitrogens with one attached hydrogen (secondary N) is 2. The number of nitriles is 1. The fourth-order valence-corrected chi connectivity index (χ4v) is 1.89. The van der Waals surface area contributed by atoms with E-state index in [2.05, 4.69) is 10.6 Å². The maximum Gasteiger partial charge on any atom is 0.255 e. The zero-order chi connectivity index (χ0) is 16.7. The van der Waals surface area contributed by atoms with Crippen LogP contribution in [0, 0.1) is 11.3 Å². The van der Waals surface area contributed by atoms with Crippen molar-refractivity contribution in [1.29, 1.82) is 5.26 Å². The van der Waals surface area contributed by atoms with Gasteiger partial charge < -0.3 is 15.4 Å². The molecule has 0 fully saturated rings. The Bertz CT molecular complexity index is 748. The monoisotopic (exact) mass is 309 g/mol. The van der Waals surface area contributed by atoms with Crippen LogP contribution in [-0.4, -0.2) is 18.9 Å². The molecular weight excluding hydrogens is 294 g/mol. The van der Waals surface area contributed by atoms with E-state index in [1.165, 1.54) is 0 Å². The van der Waals surface area contributed by atoms with E-state index in [1.54, 1.807) is 61.7 Å². The Hall–Kier alpha value is -3.33. The molecular formula is C17H15N3O3. The average molecular weight is 309 g/mol. The first-order valence-electron chi connectivity index (χ1n) is 6.84. The van der Waals surface area contributed by atoms with Crippen molar-refractivity contribution in [3.8, 4) is 11.8 Å². The normalized spacial score (nSPS) is 9.57. The van der Waals surface area contributed by atoms with Crippen LogP contribution in [0.3, 0.4) is 0 Å². The summed E-state index contributed by atoms with van der Waals surface area (Å²) in [5.41, 5.74) is 1.50. The molecule has 116 valence electrons. The minimum Gasteiger partial charge on any atom is -0.497 e. The number of rotatable bonds is 5.